The molecule has 0 bridgehead atoms. The molecular weight excluding hydrogens is 266 g/mol. The Morgan fingerprint density at radius 3 is 3.06 bits per heavy atom. The molecule has 0 aliphatic rings. The summed E-state index contributed by atoms with van der Waals surface area (Å²) >= 11 is 3.48. The van der Waals surface area contributed by atoms with E-state index in [-0.39, 0.29) is 0 Å². The molecule has 1 heterocycles. The fraction of sp³-hybridized carbons (Fsp3) is 0.250. The van der Waals surface area contributed by atoms with E-state index in [0.717, 1.165) is 16.7 Å². The van der Waals surface area contributed by atoms with Gasteiger partial charge in [-0.15, -0.1) is 0 Å². The van der Waals surface area contributed by atoms with Crippen molar-refractivity contribution in [3.63, 3.8) is 0 Å². The van der Waals surface area contributed by atoms with Gasteiger partial charge in [-0.25, -0.2) is 4.98 Å². The standard InChI is InChI=1S/C12H14BrN3/c1-9(10-3-2-4-11(13)5-10)15-7-12-6-14-8-16-12/h2-6,8-9,15H,7H2,1H3,(H,14,16). The predicted octanol–water partition coefficient (Wildman–Crippen LogP) is 3.02. The molecule has 0 amide bonds. The Morgan fingerprint density at radius 2 is 2.38 bits per heavy atom. The summed E-state index contributed by atoms with van der Waals surface area (Å²) in [5.41, 5.74) is 2.37. The average molecular weight is 280 g/mol. The van der Waals surface area contributed by atoms with E-state index in [0.29, 0.717) is 6.04 Å². The first-order valence-corrected chi connectivity index (χ1v) is 6.01. The van der Waals surface area contributed by atoms with Crippen molar-refractivity contribution in [1.29, 1.82) is 0 Å². The maximum atomic E-state index is 3.98. The van der Waals surface area contributed by atoms with Crippen LogP contribution >= 0.6 is 15.9 Å². The summed E-state index contributed by atoms with van der Waals surface area (Å²) in [4.78, 5) is 7.06. The van der Waals surface area contributed by atoms with Crippen molar-refractivity contribution in [3.05, 3.63) is 52.5 Å². The first-order chi connectivity index (χ1) is 7.75. The van der Waals surface area contributed by atoms with E-state index < -0.39 is 0 Å². The first-order valence-electron chi connectivity index (χ1n) is 5.22. The topological polar surface area (TPSA) is 40.7 Å². The molecule has 1 unspecified atom stereocenters. The highest BCUT2D eigenvalue weighted by molar-refractivity contribution is 9.10. The largest absolute Gasteiger partial charge is 0.347 e. The van der Waals surface area contributed by atoms with Gasteiger partial charge in [0.05, 0.1) is 6.33 Å². The highest BCUT2D eigenvalue weighted by atomic mass is 79.9. The number of hydrogen-bond acceptors (Lipinski definition) is 2. The third kappa shape index (κ3) is 2.93. The molecule has 2 N–H and O–H groups in total. The van der Waals surface area contributed by atoms with Gasteiger partial charge in [0, 0.05) is 29.0 Å². The molecule has 0 saturated carbocycles. The molecule has 1 atom stereocenters. The van der Waals surface area contributed by atoms with Gasteiger partial charge in [0.2, 0.25) is 0 Å². The molecule has 4 heteroatoms. The van der Waals surface area contributed by atoms with Crippen LogP contribution in [0.5, 0.6) is 0 Å². The van der Waals surface area contributed by atoms with Crippen molar-refractivity contribution < 1.29 is 0 Å². The molecular formula is C12H14BrN3. The number of rotatable bonds is 4. The van der Waals surface area contributed by atoms with Crippen LogP contribution in [-0.2, 0) is 6.54 Å². The van der Waals surface area contributed by atoms with E-state index in [1.54, 1.807) is 6.33 Å². The zero-order chi connectivity index (χ0) is 11.4. The minimum atomic E-state index is 0.320. The molecule has 0 fully saturated rings. The van der Waals surface area contributed by atoms with Gasteiger partial charge < -0.3 is 10.3 Å². The number of aromatic amines is 1. The summed E-state index contributed by atoms with van der Waals surface area (Å²) in [5.74, 6) is 0. The SMILES string of the molecule is CC(NCc1cnc[nH]1)c1cccc(Br)c1. The van der Waals surface area contributed by atoms with Crippen LogP contribution in [0.2, 0.25) is 0 Å². The molecule has 84 valence electrons. The van der Waals surface area contributed by atoms with Gasteiger partial charge in [-0.05, 0) is 24.6 Å². The van der Waals surface area contributed by atoms with Gasteiger partial charge in [-0.3, -0.25) is 0 Å². The lowest BCUT2D eigenvalue weighted by atomic mass is 10.1. The second-order valence-electron chi connectivity index (χ2n) is 3.73. The zero-order valence-corrected chi connectivity index (χ0v) is 10.7. The Balaban J connectivity index is 1.95. The highest BCUT2D eigenvalue weighted by Crippen LogP contribution is 2.17. The van der Waals surface area contributed by atoms with Crippen LogP contribution in [0, 0.1) is 0 Å². The number of nitrogens with zero attached hydrogens (tertiary/aromatic N) is 1. The van der Waals surface area contributed by atoms with E-state index in [1.165, 1.54) is 5.56 Å². The lowest BCUT2D eigenvalue weighted by Crippen LogP contribution is -2.18. The Labute approximate surface area is 103 Å². The average Bonchev–Trinajstić information content (AvgIpc) is 2.78. The molecule has 0 aliphatic carbocycles. The van der Waals surface area contributed by atoms with Crippen LogP contribution in [0.25, 0.3) is 0 Å². The van der Waals surface area contributed by atoms with Gasteiger partial charge >= 0.3 is 0 Å². The predicted molar refractivity (Wildman–Crippen MR) is 68.0 cm³/mol. The summed E-state index contributed by atoms with van der Waals surface area (Å²) in [6.45, 7) is 2.95. The van der Waals surface area contributed by atoms with Crippen molar-refractivity contribution in [2.45, 2.75) is 19.5 Å². The van der Waals surface area contributed by atoms with Crippen molar-refractivity contribution >= 4 is 15.9 Å². The molecule has 0 saturated heterocycles. The number of nitrogens with one attached hydrogen (secondary N) is 2. The van der Waals surface area contributed by atoms with Crippen LogP contribution in [0.4, 0.5) is 0 Å². The number of H-pyrrole nitrogens is 1. The smallest absolute Gasteiger partial charge is 0.0922 e. The van der Waals surface area contributed by atoms with E-state index in [4.69, 9.17) is 0 Å². The van der Waals surface area contributed by atoms with E-state index in [9.17, 15) is 0 Å². The fourth-order valence-corrected chi connectivity index (χ4v) is 1.96. The normalized spacial score (nSPS) is 12.6. The minimum Gasteiger partial charge on any atom is -0.347 e. The summed E-state index contributed by atoms with van der Waals surface area (Å²) < 4.78 is 1.11. The van der Waals surface area contributed by atoms with Crippen LogP contribution in [-0.4, -0.2) is 9.97 Å². The van der Waals surface area contributed by atoms with Gasteiger partial charge in [-0.2, -0.15) is 0 Å². The Bertz CT molecular complexity index is 439. The summed E-state index contributed by atoms with van der Waals surface area (Å²) in [5, 5.41) is 3.44. The molecule has 16 heavy (non-hydrogen) atoms. The molecule has 3 nitrogen and oxygen atoms in total. The van der Waals surface area contributed by atoms with Gasteiger partial charge in [-0.1, -0.05) is 28.1 Å². The summed E-state index contributed by atoms with van der Waals surface area (Å²) in [7, 11) is 0. The van der Waals surface area contributed by atoms with E-state index in [1.807, 2.05) is 18.3 Å². The quantitative estimate of drug-likeness (QED) is 0.903. The molecule has 0 radical (unpaired) electrons. The second-order valence-corrected chi connectivity index (χ2v) is 4.65. The number of hydrogen-bond donors (Lipinski definition) is 2. The number of benzene rings is 1. The Hall–Kier alpha value is -1.13. The highest BCUT2D eigenvalue weighted by Gasteiger charge is 2.05. The number of halogens is 1. The van der Waals surface area contributed by atoms with E-state index in [2.05, 4.69) is 50.3 Å². The van der Waals surface area contributed by atoms with Crippen molar-refractivity contribution in [2.75, 3.05) is 0 Å². The Morgan fingerprint density at radius 1 is 1.50 bits per heavy atom. The number of imidazole rings is 1. The minimum absolute atomic E-state index is 0.320. The third-order valence-electron chi connectivity index (χ3n) is 2.50. The molecule has 1 aromatic carbocycles. The first kappa shape index (κ1) is 11.4. The maximum Gasteiger partial charge on any atom is 0.0922 e. The second kappa shape index (κ2) is 5.27. The monoisotopic (exact) mass is 279 g/mol. The van der Waals surface area contributed by atoms with Crippen molar-refractivity contribution in [3.8, 4) is 0 Å². The van der Waals surface area contributed by atoms with Crippen LogP contribution < -0.4 is 5.32 Å². The maximum absolute atomic E-state index is 3.98. The van der Waals surface area contributed by atoms with Crippen LogP contribution in [0.15, 0.2) is 41.3 Å². The molecule has 1 aromatic heterocycles. The molecule has 2 aromatic rings. The fourth-order valence-electron chi connectivity index (χ4n) is 1.54. The van der Waals surface area contributed by atoms with Crippen LogP contribution in [0.3, 0.4) is 0 Å². The molecule has 0 aliphatic heterocycles. The molecule has 0 spiro atoms. The summed E-state index contributed by atoms with van der Waals surface area (Å²) in [6.07, 6.45) is 3.53. The van der Waals surface area contributed by atoms with Gasteiger partial charge in [0.15, 0.2) is 0 Å². The summed E-state index contributed by atoms with van der Waals surface area (Å²) in [6, 6.07) is 8.65. The lowest BCUT2D eigenvalue weighted by Gasteiger charge is -2.13. The van der Waals surface area contributed by atoms with Gasteiger partial charge in [0.1, 0.15) is 0 Å². The van der Waals surface area contributed by atoms with E-state index >= 15 is 0 Å². The van der Waals surface area contributed by atoms with Crippen molar-refractivity contribution in [1.82, 2.24) is 15.3 Å². The lowest BCUT2D eigenvalue weighted by molar-refractivity contribution is 0.569. The molecule has 2 rings (SSSR count). The third-order valence-corrected chi connectivity index (χ3v) is 3.00. The number of aromatic nitrogens is 2. The van der Waals surface area contributed by atoms with Gasteiger partial charge in [0.25, 0.3) is 0 Å². The van der Waals surface area contributed by atoms with Crippen LogP contribution in [0.1, 0.15) is 24.2 Å². The zero-order valence-electron chi connectivity index (χ0n) is 9.07. The Kier molecular flexibility index (Phi) is 3.74. The van der Waals surface area contributed by atoms with Crippen molar-refractivity contribution in [2.24, 2.45) is 0 Å².